The summed E-state index contributed by atoms with van der Waals surface area (Å²) in [7, 11) is 0. The molecular formula is C13H18N2OS. The van der Waals surface area contributed by atoms with E-state index in [1.54, 1.807) is 11.8 Å². The molecule has 1 aliphatic carbocycles. The minimum Gasteiger partial charge on any atom is -0.399 e. The maximum Gasteiger partial charge on any atom is 0.233 e. The van der Waals surface area contributed by atoms with Crippen molar-refractivity contribution in [3.05, 3.63) is 23.8 Å². The number of amides is 1. The van der Waals surface area contributed by atoms with Crippen LogP contribution >= 0.6 is 11.8 Å². The highest BCUT2D eigenvalue weighted by Crippen LogP contribution is 2.29. The molecule has 1 aromatic rings. The van der Waals surface area contributed by atoms with E-state index in [0.717, 1.165) is 29.0 Å². The second kappa shape index (κ2) is 5.00. The Labute approximate surface area is 106 Å². The lowest BCUT2D eigenvalue weighted by atomic mass is 10.2. The highest BCUT2D eigenvalue weighted by Gasteiger charge is 2.26. The van der Waals surface area contributed by atoms with Crippen molar-refractivity contribution in [2.45, 2.75) is 42.9 Å². The van der Waals surface area contributed by atoms with Crippen molar-refractivity contribution in [2.24, 2.45) is 0 Å². The number of nitrogens with one attached hydrogen (secondary N) is 1. The second-order valence-electron chi connectivity index (χ2n) is 4.57. The van der Waals surface area contributed by atoms with Crippen molar-refractivity contribution in [2.75, 3.05) is 5.73 Å². The van der Waals surface area contributed by atoms with Crippen molar-refractivity contribution in [1.29, 1.82) is 0 Å². The third-order valence-corrected chi connectivity index (χ3v) is 4.07. The number of hydrogen-bond acceptors (Lipinski definition) is 3. The predicted molar refractivity (Wildman–Crippen MR) is 72.1 cm³/mol. The van der Waals surface area contributed by atoms with Gasteiger partial charge in [-0.3, -0.25) is 4.79 Å². The van der Waals surface area contributed by atoms with E-state index < -0.39 is 0 Å². The van der Waals surface area contributed by atoms with Crippen LogP contribution in [0.4, 0.5) is 5.69 Å². The third kappa shape index (κ3) is 3.40. The number of nitrogen functional groups attached to an aromatic ring is 1. The Balaban J connectivity index is 1.98. The monoisotopic (exact) mass is 250 g/mol. The molecule has 1 amide bonds. The minimum atomic E-state index is -0.0731. The normalized spacial score (nSPS) is 16.6. The van der Waals surface area contributed by atoms with E-state index in [2.05, 4.69) is 5.32 Å². The van der Waals surface area contributed by atoms with Gasteiger partial charge in [0.1, 0.15) is 0 Å². The first-order valence-electron chi connectivity index (χ1n) is 5.89. The smallest absolute Gasteiger partial charge is 0.233 e. The molecule has 0 aromatic heterocycles. The number of nitrogens with two attached hydrogens (primary N) is 1. The van der Waals surface area contributed by atoms with E-state index in [9.17, 15) is 4.79 Å². The molecule has 1 saturated carbocycles. The zero-order chi connectivity index (χ0) is 12.4. The predicted octanol–water partition coefficient (Wildman–Crippen LogP) is 2.34. The number of hydrogen-bond donors (Lipinski definition) is 2. The molecule has 3 N–H and O–H groups in total. The number of carbonyl (C=O) groups excluding carboxylic acids is 1. The van der Waals surface area contributed by atoms with E-state index in [4.69, 9.17) is 5.73 Å². The Hall–Kier alpha value is -1.16. The molecule has 1 unspecified atom stereocenters. The Kier molecular flexibility index (Phi) is 3.62. The number of carbonyl (C=O) groups is 1. The van der Waals surface area contributed by atoms with Crippen LogP contribution in [-0.4, -0.2) is 17.2 Å². The molecule has 1 aromatic carbocycles. The van der Waals surface area contributed by atoms with Crippen LogP contribution in [0.1, 0.15) is 25.3 Å². The Morgan fingerprint density at radius 2 is 2.24 bits per heavy atom. The van der Waals surface area contributed by atoms with Gasteiger partial charge in [-0.1, -0.05) is 6.07 Å². The molecule has 92 valence electrons. The Morgan fingerprint density at radius 3 is 2.88 bits per heavy atom. The summed E-state index contributed by atoms with van der Waals surface area (Å²) in [5.41, 5.74) is 7.66. The molecule has 0 spiro atoms. The molecule has 3 nitrogen and oxygen atoms in total. The van der Waals surface area contributed by atoms with Gasteiger partial charge in [0.25, 0.3) is 0 Å². The molecule has 1 aliphatic rings. The van der Waals surface area contributed by atoms with Crippen molar-refractivity contribution >= 4 is 23.4 Å². The fourth-order valence-electron chi connectivity index (χ4n) is 1.53. The molecule has 1 atom stereocenters. The SMILES string of the molecule is Cc1ccc(N)cc1SC(C)C(=O)NC1CC1. The van der Waals surface area contributed by atoms with Crippen molar-refractivity contribution in [3.8, 4) is 0 Å². The van der Waals surface area contributed by atoms with Crippen LogP contribution < -0.4 is 11.1 Å². The maximum atomic E-state index is 11.8. The second-order valence-corrected chi connectivity index (χ2v) is 5.95. The molecule has 0 heterocycles. The summed E-state index contributed by atoms with van der Waals surface area (Å²) in [5, 5.41) is 2.94. The van der Waals surface area contributed by atoms with Crippen LogP contribution in [0.15, 0.2) is 23.1 Å². The standard InChI is InChI=1S/C13H18N2OS/c1-8-3-4-10(14)7-12(8)17-9(2)13(16)15-11-5-6-11/h3-4,7,9,11H,5-6,14H2,1-2H3,(H,15,16). The number of thioether (sulfide) groups is 1. The number of anilines is 1. The molecular weight excluding hydrogens is 232 g/mol. The van der Waals surface area contributed by atoms with E-state index in [1.807, 2.05) is 32.0 Å². The Bertz CT molecular complexity index is 429. The average molecular weight is 250 g/mol. The minimum absolute atomic E-state index is 0.0731. The van der Waals surface area contributed by atoms with Gasteiger partial charge in [0.05, 0.1) is 5.25 Å². The summed E-state index contributed by atoms with van der Waals surface area (Å²) < 4.78 is 0. The fraction of sp³-hybridized carbons (Fsp3) is 0.462. The first-order valence-corrected chi connectivity index (χ1v) is 6.77. The van der Waals surface area contributed by atoms with Crippen molar-refractivity contribution in [1.82, 2.24) is 5.32 Å². The quantitative estimate of drug-likeness (QED) is 0.637. The van der Waals surface area contributed by atoms with Crippen LogP contribution in [0, 0.1) is 6.92 Å². The van der Waals surface area contributed by atoms with E-state index in [-0.39, 0.29) is 11.2 Å². The zero-order valence-corrected chi connectivity index (χ0v) is 11.0. The summed E-state index contributed by atoms with van der Waals surface area (Å²) in [6, 6.07) is 6.23. The van der Waals surface area contributed by atoms with Gasteiger partial charge in [-0.25, -0.2) is 0 Å². The van der Waals surface area contributed by atoms with Gasteiger partial charge < -0.3 is 11.1 Å². The van der Waals surface area contributed by atoms with Crippen LogP contribution in [0.2, 0.25) is 0 Å². The van der Waals surface area contributed by atoms with Crippen LogP contribution in [0.25, 0.3) is 0 Å². The molecule has 4 heteroatoms. The lowest BCUT2D eigenvalue weighted by Crippen LogP contribution is -2.32. The summed E-state index contributed by atoms with van der Waals surface area (Å²) >= 11 is 1.57. The lowest BCUT2D eigenvalue weighted by Gasteiger charge is -2.13. The first kappa shape index (κ1) is 12.3. The summed E-state index contributed by atoms with van der Waals surface area (Å²) in [6.07, 6.45) is 2.25. The number of aryl methyl sites for hydroxylation is 1. The van der Waals surface area contributed by atoms with Crippen molar-refractivity contribution < 1.29 is 4.79 Å². The summed E-state index contributed by atoms with van der Waals surface area (Å²) in [5.74, 6) is 0.124. The Morgan fingerprint density at radius 1 is 1.53 bits per heavy atom. The molecule has 0 radical (unpaired) electrons. The summed E-state index contributed by atoms with van der Waals surface area (Å²) in [6.45, 7) is 3.97. The zero-order valence-electron chi connectivity index (χ0n) is 10.2. The van der Waals surface area contributed by atoms with Gasteiger partial charge in [-0.15, -0.1) is 11.8 Å². The third-order valence-electron chi connectivity index (χ3n) is 2.81. The van der Waals surface area contributed by atoms with Crippen LogP contribution in [0.3, 0.4) is 0 Å². The topological polar surface area (TPSA) is 55.1 Å². The lowest BCUT2D eigenvalue weighted by molar-refractivity contribution is -0.120. The molecule has 2 rings (SSSR count). The molecule has 1 fully saturated rings. The van der Waals surface area contributed by atoms with Crippen molar-refractivity contribution in [3.63, 3.8) is 0 Å². The highest BCUT2D eigenvalue weighted by molar-refractivity contribution is 8.00. The molecule has 0 aliphatic heterocycles. The van der Waals surface area contributed by atoms with Crippen LogP contribution in [0.5, 0.6) is 0 Å². The molecule has 17 heavy (non-hydrogen) atoms. The van der Waals surface area contributed by atoms with Gasteiger partial charge >= 0.3 is 0 Å². The van der Waals surface area contributed by atoms with Gasteiger partial charge in [0.15, 0.2) is 0 Å². The van der Waals surface area contributed by atoms with E-state index in [0.29, 0.717) is 6.04 Å². The van der Waals surface area contributed by atoms with Gasteiger partial charge in [-0.05, 0) is 44.4 Å². The van der Waals surface area contributed by atoms with Gasteiger partial charge in [-0.2, -0.15) is 0 Å². The number of rotatable bonds is 4. The molecule has 0 bridgehead atoms. The van der Waals surface area contributed by atoms with Crippen LogP contribution in [-0.2, 0) is 4.79 Å². The molecule has 0 saturated heterocycles. The van der Waals surface area contributed by atoms with E-state index >= 15 is 0 Å². The summed E-state index contributed by atoms with van der Waals surface area (Å²) in [4.78, 5) is 12.9. The largest absolute Gasteiger partial charge is 0.399 e. The van der Waals surface area contributed by atoms with Gasteiger partial charge in [0.2, 0.25) is 5.91 Å². The highest BCUT2D eigenvalue weighted by atomic mass is 32.2. The first-order chi connectivity index (χ1) is 8.06. The maximum absolute atomic E-state index is 11.8. The average Bonchev–Trinajstić information content (AvgIpc) is 3.07. The van der Waals surface area contributed by atoms with E-state index in [1.165, 1.54) is 0 Å². The van der Waals surface area contributed by atoms with Gasteiger partial charge in [0, 0.05) is 16.6 Å². The fourth-order valence-corrected chi connectivity index (χ4v) is 2.55. The number of benzene rings is 1.